The van der Waals surface area contributed by atoms with E-state index in [2.05, 4.69) is 10.6 Å². The summed E-state index contributed by atoms with van der Waals surface area (Å²) in [6.45, 7) is 8.21. The summed E-state index contributed by atoms with van der Waals surface area (Å²) in [5, 5.41) is 14.6. The van der Waals surface area contributed by atoms with Gasteiger partial charge in [0, 0.05) is 0 Å². The van der Waals surface area contributed by atoms with Crippen molar-refractivity contribution in [1.82, 2.24) is 10.6 Å². The predicted molar refractivity (Wildman–Crippen MR) is 104 cm³/mol. The van der Waals surface area contributed by atoms with Crippen LogP contribution in [0.25, 0.3) is 0 Å². The number of carbonyl (C=O) groups excluding carboxylic acids is 2. The van der Waals surface area contributed by atoms with Gasteiger partial charge in [-0.1, -0.05) is 30.3 Å². The maximum Gasteiger partial charge on any atom is 0.328 e. The molecular formula is C20H30N2O6. The van der Waals surface area contributed by atoms with Crippen molar-refractivity contribution >= 4 is 17.8 Å². The van der Waals surface area contributed by atoms with E-state index in [0.717, 1.165) is 5.56 Å². The molecule has 3 N–H and O–H groups in total. The van der Waals surface area contributed by atoms with E-state index in [4.69, 9.17) is 9.47 Å². The molecule has 0 aromatic heterocycles. The molecule has 28 heavy (non-hydrogen) atoms. The Morgan fingerprint density at radius 3 is 2.21 bits per heavy atom. The van der Waals surface area contributed by atoms with Crippen LogP contribution in [0.3, 0.4) is 0 Å². The molecule has 0 spiro atoms. The Morgan fingerprint density at radius 2 is 1.68 bits per heavy atom. The third-order valence-corrected chi connectivity index (χ3v) is 3.66. The Morgan fingerprint density at radius 1 is 1.07 bits per heavy atom. The third kappa shape index (κ3) is 8.96. The largest absolute Gasteiger partial charge is 0.480 e. The molecule has 0 aliphatic rings. The molecule has 0 fully saturated rings. The summed E-state index contributed by atoms with van der Waals surface area (Å²) in [6.07, 6.45) is 0. The van der Waals surface area contributed by atoms with E-state index in [1.807, 2.05) is 30.3 Å². The minimum Gasteiger partial charge on any atom is -0.480 e. The third-order valence-electron chi connectivity index (χ3n) is 3.66. The molecule has 0 unspecified atom stereocenters. The summed E-state index contributed by atoms with van der Waals surface area (Å²) in [5.74, 6) is -2.27. The molecule has 0 saturated carbocycles. The number of hydrogen-bond acceptors (Lipinski definition) is 6. The zero-order valence-electron chi connectivity index (χ0n) is 17.1. The molecule has 0 bridgehead atoms. The lowest BCUT2D eigenvalue weighted by atomic mass is 10.0. The summed E-state index contributed by atoms with van der Waals surface area (Å²) in [5.41, 5.74) is -0.906. The van der Waals surface area contributed by atoms with Crippen LogP contribution < -0.4 is 10.6 Å². The second-order valence-corrected chi connectivity index (χ2v) is 7.93. The standard InChI is InChI=1S/C20H30N2O6/c1-19(2,3)28-16(23)11-21-20(4,5)18(26)22-15(17(24)25)13-27-12-14-9-7-6-8-10-14/h6-10,15,21H,11-13H2,1-5H3,(H,22,26)(H,24,25)/t15-/m1/s1. The number of carbonyl (C=O) groups is 3. The van der Waals surface area contributed by atoms with Crippen LogP contribution in [0.5, 0.6) is 0 Å². The van der Waals surface area contributed by atoms with E-state index in [1.165, 1.54) is 0 Å². The number of amides is 1. The monoisotopic (exact) mass is 394 g/mol. The topological polar surface area (TPSA) is 114 Å². The molecule has 0 saturated heterocycles. The van der Waals surface area contributed by atoms with Crippen LogP contribution in [-0.4, -0.2) is 53.3 Å². The van der Waals surface area contributed by atoms with Crippen LogP contribution in [0.1, 0.15) is 40.2 Å². The molecule has 0 heterocycles. The number of hydrogen-bond donors (Lipinski definition) is 3. The van der Waals surface area contributed by atoms with Crippen LogP contribution in [-0.2, 0) is 30.5 Å². The van der Waals surface area contributed by atoms with Crippen molar-refractivity contribution in [3.05, 3.63) is 35.9 Å². The molecule has 1 aromatic rings. The Balaban J connectivity index is 2.54. The van der Waals surface area contributed by atoms with Crippen LogP contribution >= 0.6 is 0 Å². The van der Waals surface area contributed by atoms with Crippen LogP contribution in [0.4, 0.5) is 0 Å². The maximum absolute atomic E-state index is 12.5. The first-order valence-electron chi connectivity index (χ1n) is 9.03. The highest BCUT2D eigenvalue weighted by atomic mass is 16.6. The molecular weight excluding hydrogens is 364 g/mol. The normalized spacial score (nSPS) is 12.9. The van der Waals surface area contributed by atoms with Gasteiger partial charge in [0.25, 0.3) is 0 Å². The lowest BCUT2D eigenvalue weighted by molar-refractivity contribution is -0.154. The summed E-state index contributed by atoms with van der Waals surface area (Å²) in [4.78, 5) is 35.7. The number of aliphatic carboxylic acids is 1. The van der Waals surface area contributed by atoms with Gasteiger partial charge in [-0.05, 0) is 40.2 Å². The zero-order chi connectivity index (χ0) is 21.4. The molecule has 0 radical (unpaired) electrons. The molecule has 0 aliphatic heterocycles. The smallest absolute Gasteiger partial charge is 0.328 e. The van der Waals surface area contributed by atoms with E-state index < -0.39 is 35.0 Å². The minimum atomic E-state index is -1.21. The molecule has 1 amide bonds. The number of esters is 1. The SMILES string of the molecule is CC(C)(C)OC(=O)CNC(C)(C)C(=O)N[C@H](COCc1ccccc1)C(=O)O. The summed E-state index contributed by atoms with van der Waals surface area (Å²) in [6, 6.07) is 8.09. The molecule has 8 nitrogen and oxygen atoms in total. The van der Waals surface area contributed by atoms with Gasteiger partial charge in [-0.2, -0.15) is 0 Å². The Hall–Kier alpha value is -2.45. The van der Waals surface area contributed by atoms with E-state index in [-0.39, 0.29) is 19.8 Å². The highest BCUT2D eigenvalue weighted by Crippen LogP contribution is 2.08. The first-order chi connectivity index (χ1) is 12.9. The zero-order valence-corrected chi connectivity index (χ0v) is 17.1. The average molecular weight is 394 g/mol. The van der Waals surface area contributed by atoms with Gasteiger partial charge < -0.3 is 19.9 Å². The number of nitrogens with one attached hydrogen (secondary N) is 2. The van der Waals surface area contributed by atoms with Crippen molar-refractivity contribution in [3.63, 3.8) is 0 Å². The van der Waals surface area contributed by atoms with Gasteiger partial charge in [0.15, 0.2) is 6.04 Å². The van der Waals surface area contributed by atoms with Crippen LogP contribution in [0.2, 0.25) is 0 Å². The van der Waals surface area contributed by atoms with Crippen molar-refractivity contribution in [2.24, 2.45) is 0 Å². The number of carboxylic acids is 1. The lowest BCUT2D eigenvalue weighted by Crippen LogP contribution is -2.58. The first kappa shape index (κ1) is 23.6. The molecule has 1 atom stereocenters. The molecule has 8 heteroatoms. The molecule has 156 valence electrons. The van der Waals surface area contributed by atoms with Crippen molar-refractivity contribution in [3.8, 4) is 0 Å². The van der Waals surface area contributed by atoms with Crippen molar-refractivity contribution in [1.29, 1.82) is 0 Å². The average Bonchev–Trinajstić information content (AvgIpc) is 2.58. The first-order valence-corrected chi connectivity index (χ1v) is 9.03. The molecule has 0 aliphatic carbocycles. The van der Waals surface area contributed by atoms with Crippen molar-refractivity contribution in [2.45, 2.75) is 58.4 Å². The maximum atomic E-state index is 12.5. The summed E-state index contributed by atoms with van der Waals surface area (Å²) >= 11 is 0. The van der Waals surface area contributed by atoms with E-state index >= 15 is 0 Å². The summed E-state index contributed by atoms with van der Waals surface area (Å²) < 4.78 is 10.6. The highest BCUT2D eigenvalue weighted by Gasteiger charge is 2.32. The second-order valence-electron chi connectivity index (χ2n) is 7.93. The van der Waals surface area contributed by atoms with Crippen molar-refractivity contribution in [2.75, 3.05) is 13.2 Å². The number of rotatable bonds is 10. The Bertz CT molecular complexity index is 667. The quantitative estimate of drug-likeness (QED) is 0.515. The number of ether oxygens (including phenoxy) is 2. The van der Waals surface area contributed by atoms with E-state index in [9.17, 15) is 19.5 Å². The van der Waals surface area contributed by atoms with Crippen LogP contribution in [0.15, 0.2) is 30.3 Å². The lowest BCUT2D eigenvalue weighted by Gasteiger charge is -2.27. The number of carboxylic acid groups (broad SMARTS) is 1. The second kappa shape index (κ2) is 10.2. The highest BCUT2D eigenvalue weighted by molar-refractivity contribution is 5.90. The molecule has 1 rings (SSSR count). The fraction of sp³-hybridized carbons (Fsp3) is 0.550. The Labute approximate surface area is 165 Å². The van der Waals surface area contributed by atoms with Gasteiger partial charge in [-0.25, -0.2) is 4.79 Å². The fourth-order valence-electron chi connectivity index (χ4n) is 2.13. The minimum absolute atomic E-state index is 0.181. The van der Waals surface area contributed by atoms with Gasteiger partial charge in [0.1, 0.15) is 5.60 Å². The predicted octanol–water partition coefficient (Wildman–Crippen LogP) is 1.48. The van der Waals surface area contributed by atoms with Gasteiger partial charge >= 0.3 is 11.9 Å². The molecule has 1 aromatic carbocycles. The fourth-order valence-corrected chi connectivity index (χ4v) is 2.13. The van der Waals surface area contributed by atoms with Crippen molar-refractivity contribution < 1.29 is 29.0 Å². The number of benzene rings is 1. The van der Waals surface area contributed by atoms with E-state index in [1.54, 1.807) is 34.6 Å². The van der Waals surface area contributed by atoms with Gasteiger partial charge in [-0.3, -0.25) is 14.9 Å². The van der Waals surface area contributed by atoms with Crippen LogP contribution in [0, 0.1) is 0 Å². The van der Waals surface area contributed by atoms with Gasteiger partial charge in [-0.15, -0.1) is 0 Å². The van der Waals surface area contributed by atoms with Gasteiger partial charge in [0.05, 0.1) is 25.3 Å². The summed E-state index contributed by atoms with van der Waals surface area (Å²) in [7, 11) is 0. The Kier molecular flexibility index (Phi) is 8.59. The van der Waals surface area contributed by atoms with E-state index in [0.29, 0.717) is 0 Å². The van der Waals surface area contributed by atoms with Gasteiger partial charge in [0.2, 0.25) is 5.91 Å².